The Balaban J connectivity index is 5.34. The minimum Gasteiger partial charge on any atom is -0.410 e. The maximum Gasteiger partial charge on any atom is 0.230 e. The van der Waals surface area contributed by atoms with Crippen molar-refractivity contribution in [1.29, 1.82) is 0 Å². The van der Waals surface area contributed by atoms with Crippen LogP contribution in [0, 0.1) is 11.3 Å². The molecule has 0 saturated heterocycles. The van der Waals surface area contributed by atoms with Crippen molar-refractivity contribution in [3.63, 3.8) is 0 Å². The molecular formula is C10H20N2O3S. The number of oxime groups is 1. The quantitative estimate of drug-likeness (QED) is 0.338. The van der Waals surface area contributed by atoms with Crippen LogP contribution < -0.4 is 5.32 Å². The highest BCUT2D eigenvalue weighted by Crippen LogP contribution is 2.28. The third kappa shape index (κ3) is 3.59. The van der Waals surface area contributed by atoms with Gasteiger partial charge in [-0.25, -0.2) is 0 Å². The van der Waals surface area contributed by atoms with Crippen molar-refractivity contribution in [1.82, 2.24) is 5.32 Å². The Hall–Kier alpha value is -0.910. The summed E-state index contributed by atoms with van der Waals surface area (Å²) >= 11 is 0. The Labute approximate surface area is 98.8 Å². The van der Waals surface area contributed by atoms with E-state index in [9.17, 15) is 9.00 Å². The topological polar surface area (TPSA) is 78.8 Å². The van der Waals surface area contributed by atoms with E-state index in [0.29, 0.717) is 5.75 Å². The summed E-state index contributed by atoms with van der Waals surface area (Å²) in [4.78, 5) is 11.7. The number of hydrogen-bond donors (Lipinski definition) is 2. The van der Waals surface area contributed by atoms with E-state index in [4.69, 9.17) is 5.21 Å². The van der Waals surface area contributed by atoms with E-state index in [1.54, 1.807) is 6.92 Å². The van der Waals surface area contributed by atoms with Gasteiger partial charge in [0.05, 0.1) is 16.7 Å². The minimum absolute atomic E-state index is 0.0364. The van der Waals surface area contributed by atoms with Crippen LogP contribution in [0.3, 0.4) is 0 Å². The van der Waals surface area contributed by atoms with E-state index < -0.39 is 22.1 Å². The minimum atomic E-state index is -1.42. The highest BCUT2D eigenvalue weighted by Gasteiger charge is 2.38. The van der Waals surface area contributed by atoms with Crippen LogP contribution in [0.2, 0.25) is 0 Å². The summed E-state index contributed by atoms with van der Waals surface area (Å²) in [7, 11) is 0.0805. The Morgan fingerprint density at radius 1 is 1.50 bits per heavy atom. The third-order valence-electron chi connectivity index (χ3n) is 2.22. The molecule has 94 valence electrons. The zero-order chi connectivity index (χ0) is 12.9. The van der Waals surface area contributed by atoms with Gasteiger partial charge in [0.25, 0.3) is 0 Å². The molecule has 2 atom stereocenters. The van der Waals surface area contributed by atoms with Crippen LogP contribution in [0.25, 0.3) is 0 Å². The van der Waals surface area contributed by atoms with E-state index >= 15 is 0 Å². The molecule has 0 heterocycles. The number of rotatable bonds is 3. The van der Waals surface area contributed by atoms with Gasteiger partial charge in [0.1, 0.15) is 0 Å². The van der Waals surface area contributed by atoms with Crippen LogP contribution in [0.1, 0.15) is 27.7 Å². The maximum atomic E-state index is 11.7. The molecule has 0 radical (unpaired) electrons. The van der Waals surface area contributed by atoms with Crippen LogP contribution >= 0.6 is 0 Å². The molecule has 0 aromatic carbocycles. The van der Waals surface area contributed by atoms with Crippen molar-refractivity contribution in [2.45, 2.75) is 27.7 Å². The number of carbonyl (C=O) groups is 1. The Bertz CT molecular complexity index is 308. The lowest BCUT2D eigenvalue weighted by Gasteiger charge is -2.28. The smallest absolute Gasteiger partial charge is 0.230 e. The SMILES string of the molecule is CCS(=O)C(=NO)C(C(=O)NC)C(C)(C)C. The Morgan fingerprint density at radius 2 is 2.00 bits per heavy atom. The number of nitrogens with one attached hydrogen (secondary N) is 1. The van der Waals surface area contributed by atoms with Gasteiger partial charge in [0.15, 0.2) is 5.04 Å². The summed E-state index contributed by atoms with van der Waals surface area (Å²) in [5.74, 6) is -0.659. The molecule has 2 N–H and O–H groups in total. The van der Waals surface area contributed by atoms with Crippen LogP contribution in [-0.2, 0) is 15.6 Å². The van der Waals surface area contributed by atoms with Crippen LogP contribution in [0.15, 0.2) is 5.16 Å². The molecule has 2 unspecified atom stereocenters. The lowest BCUT2D eigenvalue weighted by molar-refractivity contribution is -0.124. The molecule has 0 aliphatic carbocycles. The molecular weight excluding hydrogens is 228 g/mol. The van der Waals surface area contributed by atoms with Gasteiger partial charge in [0, 0.05) is 12.8 Å². The summed E-state index contributed by atoms with van der Waals surface area (Å²) in [6.45, 7) is 7.23. The highest BCUT2D eigenvalue weighted by atomic mass is 32.2. The summed E-state index contributed by atoms with van der Waals surface area (Å²) in [5.41, 5.74) is -0.452. The van der Waals surface area contributed by atoms with Gasteiger partial charge < -0.3 is 10.5 Å². The van der Waals surface area contributed by atoms with E-state index in [-0.39, 0.29) is 11.0 Å². The molecule has 0 aromatic rings. The van der Waals surface area contributed by atoms with Crippen molar-refractivity contribution in [3.05, 3.63) is 0 Å². The standard InChI is InChI=1S/C10H20N2O3S/c1-6-16(15)9(12-14)7(8(13)11-5)10(2,3)4/h7,14H,6H2,1-5H3,(H,11,13). The van der Waals surface area contributed by atoms with Gasteiger partial charge in [-0.15, -0.1) is 0 Å². The second-order valence-corrected chi connectivity index (χ2v) is 6.17. The van der Waals surface area contributed by atoms with Crippen LogP contribution in [0.4, 0.5) is 0 Å². The molecule has 0 spiro atoms. The summed E-state index contributed by atoms with van der Waals surface area (Å²) in [6.07, 6.45) is 0. The second-order valence-electron chi connectivity index (χ2n) is 4.49. The van der Waals surface area contributed by atoms with Crippen molar-refractivity contribution >= 4 is 21.8 Å². The average Bonchev–Trinajstić information content (AvgIpc) is 2.21. The molecule has 5 nitrogen and oxygen atoms in total. The highest BCUT2D eigenvalue weighted by molar-refractivity contribution is 8.00. The lowest BCUT2D eigenvalue weighted by atomic mass is 9.80. The van der Waals surface area contributed by atoms with Gasteiger partial charge in [-0.2, -0.15) is 0 Å². The number of hydrogen-bond acceptors (Lipinski definition) is 4. The van der Waals surface area contributed by atoms with Crippen molar-refractivity contribution in [3.8, 4) is 0 Å². The fraction of sp³-hybridized carbons (Fsp3) is 0.800. The Kier molecular flexibility index (Phi) is 5.64. The largest absolute Gasteiger partial charge is 0.410 e. The van der Waals surface area contributed by atoms with E-state index in [2.05, 4.69) is 10.5 Å². The first-order chi connectivity index (χ1) is 7.29. The van der Waals surface area contributed by atoms with E-state index in [1.807, 2.05) is 20.8 Å². The van der Waals surface area contributed by atoms with Crippen molar-refractivity contribution < 1.29 is 14.2 Å². The molecule has 0 rings (SSSR count). The second kappa shape index (κ2) is 5.98. The molecule has 0 aliphatic rings. The normalized spacial score (nSPS) is 16.7. The Morgan fingerprint density at radius 3 is 2.25 bits per heavy atom. The number of amides is 1. The first-order valence-electron chi connectivity index (χ1n) is 5.11. The van der Waals surface area contributed by atoms with E-state index in [1.165, 1.54) is 7.05 Å². The number of nitrogens with zero attached hydrogens (tertiary/aromatic N) is 1. The van der Waals surface area contributed by atoms with Gasteiger partial charge in [-0.3, -0.25) is 9.00 Å². The molecule has 6 heteroatoms. The van der Waals surface area contributed by atoms with Crippen molar-refractivity contribution in [2.75, 3.05) is 12.8 Å². The molecule has 0 saturated carbocycles. The molecule has 0 aliphatic heterocycles. The zero-order valence-corrected chi connectivity index (χ0v) is 11.2. The van der Waals surface area contributed by atoms with Gasteiger partial charge in [0.2, 0.25) is 5.91 Å². The molecule has 0 bridgehead atoms. The summed E-state index contributed by atoms with van der Waals surface area (Å²) in [5, 5.41) is 14.5. The third-order valence-corrected chi connectivity index (χ3v) is 3.52. The van der Waals surface area contributed by atoms with Gasteiger partial charge >= 0.3 is 0 Å². The monoisotopic (exact) mass is 248 g/mol. The first-order valence-corrected chi connectivity index (χ1v) is 6.43. The molecule has 16 heavy (non-hydrogen) atoms. The van der Waals surface area contributed by atoms with Crippen LogP contribution in [-0.4, -0.2) is 33.2 Å². The fourth-order valence-corrected chi connectivity index (χ4v) is 2.51. The summed E-state index contributed by atoms with van der Waals surface area (Å²) < 4.78 is 11.7. The number of carbonyl (C=O) groups excluding carboxylic acids is 1. The zero-order valence-electron chi connectivity index (χ0n) is 10.4. The predicted octanol–water partition coefficient (Wildman–Crippen LogP) is 0.951. The predicted molar refractivity (Wildman–Crippen MR) is 64.9 cm³/mol. The van der Waals surface area contributed by atoms with Gasteiger partial charge in [-0.1, -0.05) is 32.9 Å². The van der Waals surface area contributed by atoms with Crippen molar-refractivity contribution in [2.24, 2.45) is 16.5 Å². The fourth-order valence-electron chi connectivity index (χ4n) is 1.40. The maximum absolute atomic E-state index is 11.7. The molecule has 0 aromatic heterocycles. The van der Waals surface area contributed by atoms with E-state index in [0.717, 1.165) is 0 Å². The first kappa shape index (κ1) is 15.1. The molecule has 0 fully saturated rings. The lowest BCUT2D eigenvalue weighted by Crippen LogP contribution is -2.43. The molecule has 1 amide bonds. The van der Waals surface area contributed by atoms with Gasteiger partial charge in [-0.05, 0) is 5.41 Å². The van der Waals surface area contributed by atoms with Crippen LogP contribution in [0.5, 0.6) is 0 Å². The average molecular weight is 248 g/mol. The summed E-state index contributed by atoms with van der Waals surface area (Å²) in [6, 6.07) is 0.